The van der Waals surface area contributed by atoms with Crippen LogP contribution in [0.5, 0.6) is 0 Å². The predicted octanol–water partition coefficient (Wildman–Crippen LogP) is 3.36. The summed E-state index contributed by atoms with van der Waals surface area (Å²) in [6, 6.07) is 5.44. The lowest BCUT2D eigenvalue weighted by Crippen LogP contribution is -2.02. The molecule has 0 aliphatic rings. The van der Waals surface area contributed by atoms with Gasteiger partial charge in [-0.05, 0) is 37.1 Å². The lowest BCUT2D eigenvalue weighted by Gasteiger charge is -2.12. The van der Waals surface area contributed by atoms with Gasteiger partial charge in [0.25, 0.3) is 0 Å². The van der Waals surface area contributed by atoms with Crippen molar-refractivity contribution in [2.45, 2.75) is 20.4 Å². The van der Waals surface area contributed by atoms with E-state index in [0.717, 1.165) is 21.3 Å². The van der Waals surface area contributed by atoms with Gasteiger partial charge in [0.1, 0.15) is 0 Å². The van der Waals surface area contributed by atoms with E-state index in [-0.39, 0.29) is 5.69 Å². The number of aryl methyl sites for hydroxylation is 2. The average Bonchev–Trinajstić information content (AvgIpc) is 2.76. The van der Waals surface area contributed by atoms with E-state index >= 15 is 0 Å². The molecule has 0 fully saturated rings. The first kappa shape index (κ1) is 13.6. The molecule has 0 aliphatic heterocycles. The Labute approximate surface area is 118 Å². The number of carboxylic acids is 1. The molecule has 0 spiro atoms. The fourth-order valence-corrected chi connectivity index (χ4v) is 2.55. The fourth-order valence-electron chi connectivity index (χ4n) is 1.86. The highest BCUT2D eigenvalue weighted by Crippen LogP contribution is 2.25. The summed E-state index contributed by atoms with van der Waals surface area (Å²) in [5.41, 5.74) is 3.13. The summed E-state index contributed by atoms with van der Waals surface area (Å²) in [6.07, 6.45) is 0. The summed E-state index contributed by atoms with van der Waals surface area (Å²) in [7, 11) is 0. The zero-order valence-corrected chi connectivity index (χ0v) is 12.1. The topological polar surface area (TPSA) is 75.4 Å². The summed E-state index contributed by atoms with van der Waals surface area (Å²) >= 11 is 3.44. The molecular formula is C13H13BrN2O3. The number of nitrogens with one attached hydrogen (secondary N) is 1. The van der Waals surface area contributed by atoms with Crippen LogP contribution >= 0.6 is 15.9 Å². The molecule has 2 N–H and O–H groups in total. The first-order valence-electron chi connectivity index (χ1n) is 5.67. The van der Waals surface area contributed by atoms with Crippen LogP contribution in [0.3, 0.4) is 0 Å². The monoisotopic (exact) mass is 324 g/mol. The highest BCUT2D eigenvalue weighted by atomic mass is 79.9. The molecule has 0 aliphatic carbocycles. The fraction of sp³-hybridized carbons (Fsp3) is 0.231. The van der Waals surface area contributed by atoms with E-state index in [1.807, 2.05) is 26.0 Å². The number of carboxylic acid groups (broad SMARTS) is 1. The van der Waals surface area contributed by atoms with Crippen molar-refractivity contribution in [3.8, 4) is 0 Å². The number of hydrogen-bond donors (Lipinski definition) is 2. The van der Waals surface area contributed by atoms with Gasteiger partial charge in [-0.3, -0.25) is 0 Å². The summed E-state index contributed by atoms with van der Waals surface area (Å²) in [5, 5.41) is 15.4. The van der Waals surface area contributed by atoms with Gasteiger partial charge in [0.05, 0.1) is 6.54 Å². The standard InChI is InChI=1S/C13H13BrN2O3/c1-7-3-9(14)4-8(2)12(7)15-6-10-5-11(13(17)18)16-19-10/h3-5,15H,6H2,1-2H3,(H,17,18). The third-order valence-corrected chi connectivity index (χ3v) is 3.17. The molecular weight excluding hydrogens is 312 g/mol. The zero-order valence-electron chi connectivity index (χ0n) is 10.5. The Morgan fingerprint density at radius 2 is 2.00 bits per heavy atom. The minimum Gasteiger partial charge on any atom is -0.476 e. The van der Waals surface area contributed by atoms with Crippen molar-refractivity contribution in [1.82, 2.24) is 5.16 Å². The highest BCUT2D eigenvalue weighted by molar-refractivity contribution is 9.10. The number of nitrogens with zero attached hydrogens (tertiary/aromatic N) is 1. The van der Waals surface area contributed by atoms with E-state index in [9.17, 15) is 4.79 Å². The Balaban J connectivity index is 2.12. The minimum absolute atomic E-state index is 0.0824. The van der Waals surface area contributed by atoms with Gasteiger partial charge < -0.3 is 14.9 Å². The average molecular weight is 325 g/mol. The Morgan fingerprint density at radius 1 is 1.37 bits per heavy atom. The van der Waals surface area contributed by atoms with Crippen LogP contribution in [-0.2, 0) is 6.54 Å². The number of rotatable bonds is 4. The van der Waals surface area contributed by atoms with Gasteiger partial charge in [-0.2, -0.15) is 0 Å². The third kappa shape index (κ3) is 3.14. The zero-order chi connectivity index (χ0) is 14.0. The first-order valence-corrected chi connectivity index (χ1v) is 6.46. The van der Waals surface area contributed by atoms with Crippen LogP contribution in [0.2, 0.25) is 0 Å². The second-order valence-electron chi connectivity index (χ2n) is 4.25. The van der Waals surface area contributed by atoms with Crippen LogP contribution in [0.25, 0.3) is 0 Å². The predicted molar refractivity (Wildman–Crippen MR) is 74.4 cm³/mol. The maximum absolute atomic E-state index is 10.7. The van der Waals surface area contributed by atoms with Gasteiger partial charge in [0.2, 0.25) is 0 Å². The van der Waals surface area contributed by atoms with Gasteiger partial charge in [-0.25, -0.2) is 4.79 Å². The maximum atomic E-state index is 10.7. The summed E-state index contributed by atoms with van der Waals surface area (Å²) in [6.45, 7) is 4.40. The van der Waals surface area contributed by atoms with Crippen molar-refractivity contribution in [3.05, 3.63) is 45.3 Å². The Bertz CT molecular complexity index is 599. The molecule has 1 aromatic heterocycles. The molecule has 0 saturated carbocycles. The molecule has 1 aromatic carbocycles. The van der Waals surface area contributed by atoms with Gasteiger partial charge >= 0.3 is 5.97 Å². The molecule has 0 saturated heterocycles. The first-order chi connectivity index (χ1) is 8.97. The summed E-state index contributed by atoms with van der Waals surface area (Å²) < 4.78 is 5.98. The second kappa shape index (κ2) is 5.44. The molecule has 19 heavy (non-hydrogen) atoms. The van der Waals surface area contributed by atoms with Crippen molar-refractivity contribution in [1.29, 1.82) is 0 Å². The Kier molecular flexibility index (Phi) is 3.90. The van der Waals surface area contributed by atoms with E-state index in [1.54, 1.807) is 0 Å². The Morgan fingerprint density at radius 3 is 2.53 bits per heavy atom. The molecule has 0 radical (unpaired) electrons. The summed E-state index contributed by atoms with van der Waals surface area (Å²) in [4.78, 5) is 10.7. The normalized spacial score (nSPS) is 10.5. The van der Waals surface area contributed by atoms with Crippen LogP contribution < -0.4 is 5.32 Å². The number of hydrogen-bond acceptors (Lipinski definition) is 4. The highest BCUT2D eigenvalue weighted by Gasteiger charge is 2.11. The lowest BCUT2D eigenvalue weighted by molar-refractivity contribution is 0.0685. The van der Waals surface area contributed by atoms with Crippen LogP contribution in [0, 0.1) is 13.8 Å². The van der Waals surface area contributed by atoms with E-state index in [0.29, 0.717) is 12.3 Å². The Hall–Kier alpha value is -1.82. The van der Waals surface area contributed by atoms with Crippen LogP contribution in [0.15, 0.2) is 27.2 Å². The second-order valence-corrected chi connectivity index (χ2v) is 5.17. The van der Waals surface area contributed by atoms with E-state index in [2.05, 4.69) is 26.4 Å². The molecule has 0 bridgehead atoms. The number of aromatic carboxylic acids is 1. The SMILES string of the molecule is Cc1cc(Br)cc(C)c1NCc1cc(C(=O)O)no1. The van der Waals surface area contributed by atoms with E-state index in [4.69, 9.17) is 9.63 Å². The van der Waals surface area contributed by atoms with Gasteiger partial charge in [0, 0.05) is 16.2 Å². The van der Waals surface area contributed by atoms with Crippen LogP contribution in [0.4, 0.5) is 5.69 Å². The minimum atomic E-state index is -1.09. The van der Waals surface area contributed by atoms with Gasteiger partial charge in [0.15, 0.2) is 11.5 Å². The molecule has 0 atom stereocenters. The quantitative estimate of drug-likeness (QED) is 0.901. The molecule has 2 rings (SSSR count). The number of benzene rings is 1. The number of carbonyl (C=O) groups is 1. The molecule has 100 valence electrons. The smallest absolute Gasteiger partial charge is 0.358 e. The molecule has 1 heterocycles. The molecule has 6 heteroatoms. The van der Waals surface area contributed by atoms with Crippen molar-refractivity contribution in [3.63, 3.8) is 0 Å². The molecule has 0 unspecified atom stereocenters. The molecule has 0 amide bonds. The van der Waals surface area contributed by atoms with Crippen molar-refractivity contribution < 1.29 is 14.4 Å². The number of anilines is 1. The van der Waals surface area contributed by atoms with Gasteiger partial charge in [-0.1, -0.05) is 21.1 Å². The van der Waals surface area contributed by atoms with Gasteiger partial charge in [-0.15, -0.1) is 0 Å². The van der Waals surface area contributed by atoms with Crippen LogP contribution in [-0.4, -0.2) is 16.2 Å². The van der Waals surface area contributed by atoms with Crippen molar-refractivity contribution in [2.75, 3.05) is 5.32 Å². The van der Waals surface area contributed by atoms with Crippen LogP contribution in [0.1, 0.15) is 27.4 Å². The van der Waals surface area contributed by atoms with E-state index in [1.165, 1.54) is 6.07 Å². The lowest BCUT2D eigenvalue weighted by atomic mass is 10.1. The van der Waals surface area contributed by atoms with Crippen molar-refractivity contribution in [2.24, 2.45) is 0 Å². The molecule has 2 aromatic rings. The third-order valence-electron chi connectivity index (χ3n) is 2.71. The van der Waals surface area contributed by atoms with E-state index < -0.39 is 5.97 Å². The molecule has 5 nitrogen and oxygen atoms in total. The number of halogens is 1. The number of aromatic nitrogens is 1. The largest absolute Gasteiger partial charge is 0.476 e. The maximum Gasteiger partial charge on any atom is 0.358 e. The summed E-state index contributed by atoms with van der Waals surface area (Å²) in [5.74, 6) is -0.606. The van der Waals surface area contributed by atoms with Crippen molar-refractivity contribution >= 4 is 27.6 Å².